The number of hydrogen-bond acceptors (Lipinski definition) is 12. The molecule has 0 spiro atoms. The van der Waals surface area contributed by atoms with Crippen LogP contribution in [0.15, 0.2) is 425 Å². The average Bonchev–Trinajstić information content (AvgIpc) is 0.912. The second-order valence-corrected chi connectivity index (χ2v) is 35.7. The summed E-state index contributed by atoms with van der Waals surface area (Å²) in [7, 11) is 0. The van der Waals surface area contributed by atoms with Crippen LogP contribution in [0.4, 0.5) is 4.39 Å². The van der Waals surface area contributed by atoms with Gasteiger partial charge >= 0.3 is 0 Å². The molecule has 26 aromatic rings. The van der Waals surface area contributed by atoms with Gasteiger partial charge in [0, 0.05) is 148 Å². The van der Waals surface area contributed by atoms with Crippen molar-refractivity contribution >= 4 is 148 Å². The van der Waals surface area contributed by atoms with Crippen molar-refractivity contribution in [2.45, 2.75) is 0 Å². The molecule has 0 amide bonds. The molecule has 0 N–H and O–H groups in total. The normalized spacial score (nSPS) is 11.6. The molecule has 608 valence electrons. The van der Waals surface area contributed by atoms with Crippen molar-refractivity contribution < 1.29 is 4.39 Å². The van der Waals surface area contributed by atoms with Gasteiger partial charge in [0.15, 0.2) is 17.5 Å². The molecule has 0 aliphatic rings. The van der Waals surface area contributed by atoms with Gasteiger partial charge < -0.3 is 0 Å². The van der Waals surface area contributed by atoms with Crippen molar-refractivity contribution in [2.24, 2.45) is 0 Å². The van der Waals surface area contributed by atoms with Gasteiger partial charge in [0.1, 0.15) is 5.82 Å². The third-order valence-corrected chi connectivity index (χ3v) is 28.1. The standard InChI is InChI=1S/C43H25N3S.C41H25N3S.C33H20FN3S/c1-2-9-39-34(8-1)36-23-31(18-21-40(36)47-39)37-24-38(46-43(45-37)30-14-10-26(11-15-30)32-7-4-22-44-25-32)33-19-16-29-13-12-27-5-3-6-28-17-20-35(33)42(29)41(27)28;1-2-10-31-28(8-1)22-35(33-12-4-3-11-32(31)33)38-24-37(29-19-20-40-36(23-29)34-13-5-6-14-39(34)45-40)43-41(44-38)27-17-15-26(16-18-27)30-9-7-21-42-25-30;34-26-14-11-22(12-15-26)29-19-30(24-13-16-32-28(18-24)27-5-1-2-6-31(27)38-32)37-33(36-29)23-9-7-21(8-10-23)25-4-3-17-35-20-25/h1-25H;1-25H;1-20H. The van der Waals surface area contributed by atoms with Gasteiger partial charge in [-0.2, -0.15) is 0 Å². The van der Waals surface area contributed by atoms with E-state index in [2.05, 4.69) is 336 Å². The number of aromatic nitrogens is 9. The first-order valence-corrected chi connectivity index (χ1v) is 45.5. The fourth-order valence-corrected chi connectivity index (χ4v) is 21.4. The molecule has 0 aliphatic carbocycles. The van der Waals surface area contributed by atoms with Crippen LogP contribution in [0.2, 0.25) is 0 Å². The van der Waals surface area contributed by atoms with Crippen LogP contribution >= 0.6 is 34.0 Å². The quantitative estimate of drug-likeness (QED) is 0.110. The predicted octanol–water partition coefficient (Wildman–Crippen LogP) is 32.1. The van der Waals surface area contributed by atoms with Crippen LogP contribution in [0.5, 0.6) is 0 Å². The number of fused-ring (bicyclic) bond motifs is 12. The Balaban J connectivity index is 0.000000109. The lowest BCUT2D eigenvalue weighted by Crippen LogP contribution is -1.97. The zero-order valence-electron chi connectivity index (χ0n) is 69.5. The predicted molar refractivity (Wildman–Crippen MR) is 542 cm³/mol. The van der Waals surface area contributed by atoms with E-state index in [1.165, 1.54) is 127 Å². The number of pyridine rings is 3. The first-order valence-electron chi connectivity index (χ1n) is 43.1. The Bertz CT molecular complexity index is 8840. The van der Waals surface area contributed by atoms with Crippen molar-refractivity contribution in [3.63, 3.8) is 0 Å². The summed E-state index contributed by atoms with van der Waals surface area (Å²) >= 11 is 5.46. The molecular formula is C117H70FN9S3. The molecule has 0 bridgehead atoms. The third kappa shape index (κ3) is 14.5. The largest absolute Gasteiger partial charge is 0.264 e. The van der Waals surface area contributed by atoms with E-state index in [4.69, 9.17) is 29.9 Å². The minimum Gasteiger partial charge on any atom is -0.264 e. The van der Waals surface area contributed by atoms with E-state index in [1.807, 2.05) is 83.7 Å². The molecule has 0 saturated carbocycles. The summed E-state index contributed by atoms with van der Waals surface area (Å²) in [4.78, 5) is 43.6. The number of rotatable bonds is 12. The Morgan fingerprint density at radius 2 is 0.508 bits per heavy atom. The highest BCUT2D eigenvalue weighted by atomic mass is 32.1. The lowest BCUT2D eigenvalue weighted by Gasteiger charge is -2.15. The van der Waals surface area contributed by atoms with E-state index in [9.17, 15) is 4.39 Å². The molecular weight excluding hydrogens is 1650 g/mol. The Labute approximate surface area is 758 Å². The lowest BCUT2D eigenvalue weighted by atomic mass is 9.91. The first-order chi connectivity index (χ1) is 64.3. The van der Waals surface area contributed by atoms with Crippen LogP contribution in [-0.2, 0) is 0 Å². The van der Waals surface area contributed by atoms with Crippen LogP contribution in [0, 0.1) is 5.82 Å². The molecule has 13 heteroatoms. The van der Waals surface area contributed by atoms with Crippen molar-refractivity contribution in [3.8, 4) is 135 Å². The Morgan fingerprint density at radius 1 is 0.177 bits per heavy atom. The van der Waals surface area contributed by atoms with E-state index in [1.54, 1.807) is 42.1 Å². The van der Waals surface area contributed by atoms with Gasteiger partial charge in [0.25, 0.3) is 0 Å². The first kappa shape index (κ1) is 77.2. The summed E-state index contributed by atoms with van der Waals surface area (Å²) in [5.74, 6) is 1.75. The summed E-state index contributed by atoms with van der Waals surface area (Å²) in [5.41, 5.74) is 20.8. The van der Waals surface area contributed by atoms with Gasteiger partial charge in [-0.25, -0.2) is 34.3 Å². The van der Waals surface area contributed by atoms with E-state index >= 15 is 0 Å². The molecule has 0 saturated heterocycles. The van der Waals surface area contributed by atoms with Gasteiger partial charge in [-0.05, 0) is 209 Å². The molecule has 9 aromatic heterocycles. The van der Waals surface area contributed by atoms with Crippen molar-refractivity contribution in [2.75, 3.05) is 0 Å². The van der Waals surface area contributed by atoms with Crippen LogP contribution in [0.1, 0.15) is 0 Å². The van der Waals surface area contributed by atoms with E-state index in [0.29, 0.717) is 17.5 Å². The topological polar surface area (TPSA) is 116 Å². The van der Waals surface area contributed by atoms with E-state index in [0.717, 1.165) is 118 Å². The third-order valence-electron chi connectivity index (χ3n) is 24.6. The summed E-state index contributed by atoms with van der Waals surface area (Å²) < 4.78 is 21.3. The Morgan fingerprint density at radius 3 is 0.954 bits per heavy atom. The maximum atomic E-state index is 13.7. The molecule has 0 atom stereocenters. The molecule has 130 heavy (non-hydrogen) atoms. The van der Waals surface area contributed by atoms with Gasteiger partial charge in [0.2, 0.25) is 0 Å². The Kier molecular flexibility index (Phi) is 19.5. The lowest BCUT2D eigenvalue weighted by molar-refractivity contribution is 0.628. The molecule has 0 aliphatic heterocycles. The number of thiophene rings is 3. The monoisotopic (exact) mass is 1720 g/mol. The van der Waals surface area contributed by atoms with Crippen LogP contribution in [-0.4, -0.2) is 44.9 Å². The highest BCUT2D eigenvalue weighted by molar-refractivity contribution is 7.26. The summed E-state index contributed by atoms with van der Waals surface area (Å²) in [5, 5.41) is 19.9. The summed E-state index contributed by atoms with van der Waals surface area (Å²) in [6, 6.07) is 135. The molecule has 9 heterocycles. The molecule has 17 aromatic carbocycles. The van der Waals surface area contributed by atoms with Crippen molar-refractivity contribution in [1.82, 2.24) is 44.9 Å². The number of halogens is 1. The molecule has 26 rings (SSSR count). The summed E-state index contributed by atoms with van der Waals surface area (Å²) in [6.45, 7) is 0. The van der Waals surface area contributed by atoms with Crippen LogP contribution < -0.4 is 0 Å². The Hall–Kier alpha value is -16.4. The van der Waals surface area contributed by atoms with E-state index in [-0.39, 0.29) is 5.82 Å². The average molecular weight is 1720 g/mol. The molecule has 9 nitrogen and oxygen atoms in total. The van der Waals surface area contributed by atoms with E-state index < -0.39 is 0 Å². The van der Waals surface area contributed by atoms with Crippen molar-refractivity contribution in [1.29, 1.82) is 0 Å². The number of benzene rings is 17. The molecule has 0 radical (unpaired) electrons. The minimum atomic E-state index is -0.274. The van der Waals surface area contributed by atoms with Gasteiger partial charge in [-0.1, -0.05) is 267 Å². The second kappa shape index (κ2) is 32.8. The van der Waals surface area contributed by atoms with Crippen molar-refractivity contribution in [3.05, 3.63) is 431 Å². The highest BCUT2D eigenvalue weighted by Gasteiger charge is 2.22. The van der Waals surface area contributed by atoms with Gasteiger partial charge in [-0.3, -0.25) is 15.0 Å². The maximum Gasteiger partial charge on any atom is 0.160 e. The van der Waals surface area contributed by atoms with Gasteiger partial charge in [0.05, 0.1) is 34.2 Å². The molecule has 0 fully saturated rings. The fraction of sp³-hybridized carbons (Fsp3) is 0. The second-order valence-electron chi connectivity index (χ2n) is 32.4. The van der Waals surface area contributed by atoms with Gasteiger partial charge in [-0.15, -0.1) is 34.0 Å². The zero-order chi connectivity index (χ0) is 86.1. The zero-order valence-corrected chi connectivity index (χ0v) is 72.0. The SMILES string of the molecule is Fc1ccc(-c2cc(-c3ccc4sc5ccccc5c4c3)nc(-c3ccc(-c4cccnc4)cc3)n2)cc1.c1cncc(-c2ccc(-c3nc(-c4ccc5sc6ccccc6c5c4)cc(-c4cc5ccccc5c5ccccc45)n3)cc2)c1.c1cncc(-c2ccc(-c3nc(-c4ccc5sc6ccccc6c5c4)cc(-c4ccc5ccc6cccc7ccc4c5c67)n3)cc2)c1. The highest BCUT2D eigenvalue weighted by Crippen LogP contribution is 2.46. The number of nitrogens with zero attached hydrogens (tertiary/aromatic N) is 9. The van der Waals surface area contributed by atoms with Crippen LogP contribution in [0.3, 0.4) is 0 Å². The summed E-state index contributed by atoms with van der Waals surface area (Å²) in [6.07, 6.45) is 11.0. The minimum absolute atomic E-state index is 0.274. The van der Waals surface area contributed by atoms with Crippen LogP contribution in [0.25, 0.3) is 249 Å². The fourth-order valence-electron chi connectivity index (χ4n) is 18.1. The molecule has 0 unspecified atom stereocenters. The number of hydrogen-bond donors (Lipinski definition) is 0. The smallest absolute Gasteiger partial charge is 0.160 e. The maximum absolute atomic E-state index is 13.7.